The van der Waals surface area contributed by atoms with Crippen molar-refractivity contribution >= 4 is 17.1 Å². The first-order valence-corrected chi connectivity index (χ1v) is 15.7. The lowest BCUT2D eigenvalue weighted by atomic mass is 9.95. The lowest BCUT2D eigenvalue weighted by Crippen LogP contribution is -2.39. The van der Waals surface area contributed by atoms with Crippen LogP contribution in [0, 0.1) is 5.92 Å². The Morgan fingerprint density at radius 3 is 1.27 bits per heavy atom. The van der Waals surface area contributed by atoms with Crippen molar-refractivity contribution in [3.05, 3.63) is 0 Å². The van der Waals surface area contributed by atoms with Crippen LogP contribution in [0.4, 0.5) is 0 Å². The highest BCUT2D eigenvalue weighted by molar-refractivity contribution is 6.66. The molecule has 26 heavy (non-hydrogen) atoms. The second-order valence-electron chi connectivity index (χ2n) is 7.23. The molecule has 0 spiro atoms. The SMILES string of the molecule is CCO[Si](C)(CCCC(CCN)CCC[Si](C)(OCC)OCC)OCC. The van der Waals surface area contributed by atoms with Gasteiger partial charge in [-0.05, 0) is 71.8 Å². The summed E-state index contributed by atoms with van der Waals surface area (Å²) in [5, 5.41) is 0. The Kier molecular flexibility index (Phi) is 15.3. The highest BCUT2D eigenvalue weighted by Crippen LogP contribution is 2.26. The third-order valence-corrected chi connectivity index (χ3v) is 11.0. The molecule has 0 rings (SSSR count). The van der Waals surface area contributed by atoms with Crippen LogP contribution in [0.5, 0.6) is 0 Å². The van der Waals surface area contributed by atoms with E-state index in [1.165, 1.54) is 25.7 Å². The summed E-state index contributed by atoms with van der Waals surface area (Å²) in [7, 11) is -3.97. The molecular weight excluding hydrogens is 362 g/mol. The molecule has 0 amide bonds. The lowest BCUT2D eigenvalue weighted by molar-refractivity contribution is 0.186. The van der Waals surface area contributed by atoms with Crippen molar-refractivity contribution in [2.75, 3.05) is 33.0 Å². The molecule has 0 aromatic heterocycles. The smallest absolute Gasteiger partial charge is 0.334 e. The Hall–Kier alpha value is 0.234. The van der Waals surface area contributed by atoms with Crippen LogP contribution in [0.25, 0.3) is 0 Å². The summed E-state index contributed by atoms with van der Waals surface area (Å²) in [5.74, 6) is 0.683. The molecule has 158 valence electrons. The van der Waals surface area contributed by atoms with Gasteiger partial charge in [0, 0.05) is 26.4 Å². The second kappa shape index (κ2) is 15.2. The Morgan fingerprint density at radius 1 is 0.654 bits per heavy atom. The fraction of sp³-hybridized carbons (Fsp3) is 1.00. The number of hydrogen-bond donors (Lipinski definition) is 1. The number of hydrogen-bond acceptors (Lipinski definition) is 5. The van der Waals surface area contributed by atoms with Crippen molar-refractivity contribution in [1.82, 2.24) is 0 Å². The molecule has 0 aromatic carbocycles. The molecule has 0 aliphatic heterocycles. The van der Waals surface area contributed by atoms with Crippen molar-refractivity contribution in [3.8, 4) is 0 Å². The summed E-state index contributed by atoms with van der Waals surface area (Å²) in [6.45, 7) is 16.3. The van der Waals surface area contributed by atoms with E-state index in [1.54, 1.807) is 0 Å². The molecule has 0 aromatic rings. The van der Waals surface area contributed by atoms with Crippen LogP contribution in [-0.4, -0.2) is 50.1 Å². The Balaban J connectivity index is 4.38. The van der Waals surface area contributed by atoms with Crippen molar-refractivity contribution in [2.24, 2.45) is 11.7 Å². The van der Waals surface area contributed by atoms with Gasteiger partial charge in [0.05, 0.1) is 0 Å². The van der Waals surface area contributed by atoms with E-state index in [1.807, 2.05) is 0 Å². The largest absolute Gasteiger partial charge is 0.395 e. The minimum Gasteiger partial charge on any atom is -0.395 e. The fourth-order valence-electron chi connectivity index (χ4n) is 3.69. The quantitative estimate of drug-likeness (QED) is 0.331. The molecule has 0 atom stereocenters. The van der Waals surface area contributed by atoms with Crippen molar-refractivity contribution in [3.63, 3.8) is 0 Å². The standard InChI is InChI=1S/C19H45NO4Si2/c1-7-21-25(5,22-8-2)17-11-13-19(15-16-20)14-12-18-26(6,23-9-3)24-10-4/h19H,7-18,20H2,1-6H3. The average molecular weight is 408 g/mol. The van der Waals surface area contributed by atoms with E-state index >= 15 is 0 Å². The van der Waals surface area contributed by atoms with Crippen molar-refractivity contribution in [2.45, 2.75) is 85.0 Å². The first-order valence-electron chi connectivity index (χ1n) is 10.6. The van der Waals surface area contributed by atoms with Crippen molar-refractivity contribution in [1.29, 1.82) is 0 Å². The molecule has 0 aliphatic rings. The third kappa shape index (κ3) is 11.8. The zero-order chi connectivity index (χ0) is 19.9. The van der Waals surface area contributed by atoms with Crippen LogP contribution in [0.2, 0.25) is 25.2 Å². The van der Waals surface area contributed by atoms with Gasteiger partial charge in [-0.1, -0.05) is 25.7 Å². The van der Waals surface area contributed by atoms with E-state index < -0.39 is 17.1 Å². The summed E-state index contributed by atoms with van der Waals surface area (Å²) in [6, 6.07) is 2.14. The van der Waals surface area contributed by atoms with Gasteiger partial charge in [0.15, 0.2) is 0 Å². The van der Waals surface area contributed by atoms with E-state index in [4.69, 9.17) is 23.4 Å². The predicted octanol–water partition coefficient (Wildman–Crippen LogP) is 4.80. The molecule has 0 heterocycles. The zero-order valence-corrected chi connectivity index (χ0v) is 20.3. The normalized spacial score (nSPS) is 12.9. The maximum absolute atomic E-state index is 5.96. The maximum Gasteiger partial charge on any atom is 0.334 e. The zero-order valence-electron chi connectivity index (χ0n) is 18.3. The van der Waals surface area contributed by atoms with Gasteiger partial charge in [-0.3, -0.25) is 0 Å². The first-order chi connectivity index (χ1) is 12.4. The van der Waals surface area contributed by atoms with E-state index in [0.29, 0.717) is 5.92 Å². The van der Waals surface area contributed by atoms with Crippen LogP contribution < -0.4 is 5.73 Å². The topological polar surface area (TPSA) is 62.9 Å². The molecule has 0 saturated carbocycles. The number of nitrogens with two attached hydrogens (primary N) is 1. The molecule has 5 nitrogen and oxygen atoms in total. The van der Waals surface area contributed by atoms with Crippen molar-refractivity contribution < 1.29 is 17.7 Å². The van der Waals surface area contributed by atoms with Crippen LogP contribution in [-0.2, 0) is 17.7 Å². The van der Waals surface area contributed by atoms with Gasteiger partial charge in [-0.15, -0.1) is 0 Å². The monoisotopic (exact) mass is 407 g/mol. The Morgan fingerprint density at radius 2 is 1.00 bits per heavy atom. The lowest BCUT2D eigenvalue weighted by Gasteiger charge is -2.28. The molecular formula is C19H45NO4Si2. The van der Waals surface area contributed by atoms with Gasteiger partial charge in [-0.25, -0.2) is 0 Å². The first kappa shape index (κ1) is 26.2. The van der Waals surface area contributed by atoms with Gasteiger partial charge in [0.25, 0.3) is 0 Å². The van der Waals surface area contributed by atoms with Gasteiger partial charge in [0.2, 0.25) is 0 Å². The molecule has 0 radical (unpaired) electrons. The molecule has 7 heteroatoms. The van der Waals surface area contributed by atoms with Gasteiger partial charge >= 0.3 is 17.1 Å². The summed E-state index contributed by atoms with van der Waals surface area (Å²) in [5.41, 5.74) is 5.85. The predicted molar refractivity (Wildman–Crippen MR) is 115 cm³/mol. The molecule has 0 fully saturated rings. The molecule has 0 aliphatic carbocycles. The fourth-order valence-corrected chi connectivity index (χ4v) is 8.57. The highest BCUT2D eigenvalue weighted by atomic mass is 28.4. The Bertz CT molecular complexity index is 295. The van der Waals surface area contributed by atoms with E-state index in [2.05, 4.69) is 40.8 Å². The molecule has 0 unspecified atom stereocenters. The Labute approximate surface area is 164 Å². The van der Waals surface area contributed by atoms with Crippen LogP contribution >= 0.6 is 0 Å². The minimum absolute atomic E-state index is 0.683. The summed E-state index contributed by atoms with van der Waals surface area (Å²) < 4.78 is 23.8. The van der Waals surface area contributed by atoms with Gasteiger partial charge in [0.1, 0.15) is 0 Å². The average Bonchev–Trinajstić information content (AvgIpc) is 2.55. The summed E-state index contributed by atoms with van der Waals surface area (Å²) in [6.07, 6.45) is 5.85. The third-order valence-electron chi connectivity index (χ3n) is 4.86. The second-order valence-corrected chi connectivity index (χ2v) is 13.9. The van der Waals surface area contributed by atoms with E-state index in [0.717, 1.165) is 51.5 Å². The summed E-state index contributed by atoms with van der Waals surface area (Å²) >= 11 is 0. The van der Waals surface area contributed by atoms with E-state index in [9.17, 15) is 0 Å². The molecule has 0 bridgehead atoms. The maximum atomic E-state index is 5.96. The molecule has 0 saturated heterocycles. The van der Waals surface area contributed by atoms with Crippen LogP contribution in [0.3, 0.4) is 0 Å². The van der Waals surface area contributed by atoms with Crippen LogP contribution in [0.1, 0.15) is 59.8 Å². The van der Waals surface area contributed by atoms with Gasteiger partial charge in [-0.2, -0.15) is 0 Å². The highest BCUT2D eigenvalue weighted by Gasteiger charge is 2.31. The number of rotatable bonds is 18. The molecule has 2 N–H and O–H groups in total. The van der Waals surface area contributed by atoms with E-state index in [-0.39, 0.29) is 0 Å². The minimum atomic E-state index is -1.99. The summed E-state index contributed by atoms with van der Waals surface area (Å²) in [4.78, 5) is 0. The van der Waals surface area contributed by atoms with Gasteiger partial charge < -0.3 is 23.4 Å². The van der Waals surface area contributed by atoms with Crippen LogP contribution in [0.15, 0.2) is 0 Å².